The highest BCUT2D eigenvalue weighted by Gasteiger charge is 2.09. The molecule has 0 radical (unpaired) electrons. The molecule has 0 aliphatic carbocycles. The lowest BCUT2D eigenvalue weighted by Crippen LogP contribution is -2.05. The van der Waals surface area contributed by atoms with Gasteiger partial charge in [-0.2, -0.15) is 0 Å². The van der Waals surface area contributed by atoms with Crippen LogP contribution in [0.4, 0.5) is 5.82 Å². The highest BCUT2D eigenvalue weighted by molar-refractivity contribution is 9.10. The lowest BCUT2D eigenvalue weighted by Gasteiger charge is -2.08. The van der Waals surface area contributed by atoms with Crippen molar-refractivity contribution in [3.05, 3.63) is 34.6 Å². The molecule has 0 unspecified atom stereocenters. The minimum absolute atomic E-state index is 0.640. The average Bonchev–Trinajstić information content (AvgIpc) is 2.36. The fraction of sp³-hybridized carbons (Fsp3) is 0.308. The van der Waals surface area contributed by atoms with Crippen LogP contribution in [0.5, 0.6) is 0 Å². The molecule has 2 rings (SSSR count). The Labute approximate surface area is 115 Å². The van der Waals surface area contributed by atoms with Crippen LogP contribution in [-0.2, 0) is 0 Å². The summed E-state index contributed by atoms with van der Waals surface area (Å²) >= 11 is 3.47. The number of nitrogens with one attached hydrogen (secondary N) is 1. The highest BCUT2D eigenvalue weighted by atomic mass is 79.9. The number of nitrogens with zero attached hydrogens (tertiary/aromatic N) is 3. The molecule has 2 heterocycles. The zero-order chi connectivity index (χ0) is 13.0. The van der Waals surface area contributed by atoms with E-state index in [2.05, 4.69) is 43.1 Å². The second-order valence-electron chi connectivity index (χ2n) is 3.98. The number of anilines is 1. The van der Waals surface area contributed by atoms with Crippen LogP contribution in [0.1, 0.15) is 19.0 Å². The molecule has 2 aromatic heterocycles. The van der Waals surface area contributed by atoms with Crippen molar-refractivity contribution in [2.75, 3.05) is 11.9 Å². The van der Waals surface area contributed by atoms with Crippen molar-refractivity contribution in [3.8, 4) is 11.5 Å². The molecule has 2 aromatic rings. The van der Waals surface area contributed by atoms with Crippen molar-refractivity contribution in [2.24, 2.45) is 0 Å². The molecule has 5 heteroatoms. The number of hydrogen-bond donors (Lipinski definition) is 1. The summed E-state index contributed by atoms with van der Waals surface area (Å²) in [7, 11) is 0. The van der Waals surface area contributed by atoms with Crippen molar-refractivity contribution in [3.63, 3.8) is 0 Å². The van der Waals surface area contributed by atoms with Crippen LogP contribution in [-0.4, -0.2) is 21.5 Å². The first-order chi connectivity index (χ1) is 8.70. The molecule has 0 aliphatic rings. The lowest BCUT2D eigenvalue weighted by atomic mass is 10.3. The Balaban J connectivity index is 2.39. The monoisotopic (exact) mass is 306 g/mol. The molecule has 0 aliphatic heterocycles. The number of halogens is 1. The summed E-state index contributed by atoms with van der Waals surface area (Å²) in [6.45, 7) is 4.98. The lowest BCUT2D eigenvalue weighted by molar-refractivity contribution is 0.961. The van der Waals surface area contributed by atoms with Gasteiger partial charge in [-0.1, -0.05) is 6.92 Å². The summed E-state index contributed by atoms with van der Waals surface area (Å²) in [5.41, 5.74) is 1.69. The van der Waals surface area contributed by atoms with Crippen molar-refractivity contribution >= 4 is 21.7 Å². The molecule has 0 atom stereocenters. The molecule has 18 heavy (non-hydrogen) atoms. The Bertz CT molecular complexity index is 542. The summed E-state index contributed by atoms with van der Waals surface area (Å²) < 4.78 is 0.900. The van der Waals surface area contributed by atoms with Gasteiger partial charge in [-0.05, 0) is 41.4 Å². The Morgan fingerprint density at radius 2 is 2.17 bits per heavy atom. The fourth-order valence-corrected chi connectivity index (χ4v) is 2.00. The van der Waals surface area contributed by atoms with Gasteiger partial charge in [0.05, 0.1) is 0 Å². The van der Waals surface area contributed by atoms with Crippen molar-refractivity contribution in [1.29, 1.82) is 0 Å². The zero-order valence-corrected chi connectivity index (χ0v) is 12.0. The van der Waals surface area contributed by atoms with E-state index in [4.69, 9.17) is 0 Å². The molecular weight excluding hydrogens is 292 g/mol. The standard InChI is InChI=1S/C13H15BrN4/c1-3-6-15-11-8-9(2)17-13(18-11)12-10(14)5-4-7-16-12/h4-5,7-8H,3,6H2,1-2H3,(H,15,17,18). The summed E-state index contributed by atoms with van der Waals surface area (Å²) in [6, 6.07) is 5.75. The Morgan fingerprint density at radius 3 is 2.89 bits per heavy atom. The summed E-state index contributed by atoms with van der Waals surface area (Å²) in [6.07, 6.45) is 2.80. The summed E-state index contributed by atoms with van der Waals surface area (Å²) in [5.74, 6) is 1.48. The molecule has 0 spiro atoms. The third-order valence-corrected chi connectivity index (χ3v) is 3.02. The number of rotatable bonds is 4. The second kappa shape index (κ2) is 5.91. The molecule has 0 bridgehead atoms. The van der Waals surface area contributed by atoms with E-state index >= 15 is 0 Å². The van der Waals surface area contributed by atoms with Gasteiger partial charge in [0.15, 0.2) is 5.82 Å². The smallest absolute Gasteiger partial charge is 0.181 e. The van der Waals surface area contributed by atoms with Gasteiger partial charge in [0.2, 0.25) is 0 Å². The Hall–Kier alpha value is -1.49. The number of aromatic nitrogens is 3. The third kappa shape index (κ3) is 3.04. The normalized spacial score (nSPS) is 10.4. The molecule has 0 saturated carbocycles. The first-order valence-electron chi connectivity index (χ1n) is 5.91. The maximum atomic E-state index is 4.49. The highest BCUT2D eigenvalue weighted by Crippen LogP contribution is 2.23. The van der Waals surface area contributed by atoms with E-state index in [0.717, 1.165) is 34.6 Å². The molecule has 0 aromatic carbocycles. The molecule has 1 N–H and O–H groups in total. The second-order valence-corrected chi connectivity index (χ2v) is 4.83. The molecule has 0 saturated heterocycles. The summed E-state index contributed by atoms with van der Waals surface area (Å²) in [4.78, 5) is 13.2. The molecular formula is C13H15BrN4. The van der Waals surface area contributed by atoms with Gasteiger partial charge >= 0.3 is 0 Å². The van der Waals surface area contributed by atoms with Crippen LogP contribution in [0, 0.1) is 6.92 Å². The van der Waals surface area contributed by atoms with Gasteiger partial charge in [-0.15, -0.1) is 0 Å². The number of pyridine rings is 1. The first kappa shape index (κ1) is 13.0. The van der Waals surface area contributed by atoms with Gasteiger partial charge in [-0.3, -0.25) is 4.98 Å². The van der Waals surface area contributed by atoms with Crippen LogP contribution < -0.4 is 5.32 Å². The zero-order valence-electron chi connectivity index (χ0n) is 10.4. The van der Waals surface area contributed by atoms with Gasteiger partial charge in [-0.25, -0.2) is 9.97 Å². The van der Waals surface area contributed by atoms with E-state index in [1.807, 2.05) is 25.1 Å². The van der Waals surface area contributed by atoms with Gasteiger partial charge in [0.1, 0.15) is 11.5 Å². The van der Waals surface area contributed by atoms with Crippen molar-refractivity contribution < 1.29 is 0 Å². The third-order valence-electron chi connectivity index (χ3n) is 2.38. The Kier molecular flexibility index (Phi) is 4.25. The van der Waals surface area contributed by atoms with Gasteiger partial charge < -0.3 is 5.32 Å². The summed E-state index contributed by atoms with van der Waals surface area (Å²) in [5, 5.41) is 3.27. The first-order valence-corrected chi connectivity index (χ1v) is 6.70. The van der Waals surface area contributed by atoms with E-state index in [9.17, 15) is 0 Å². The van der Waals surface area contributed by atoms with Crippen LogP contribution in [0.15, 0.2) is 28.9 Å². The van der Waals surface area contributed by atoms with Crippen LogP contribution in [0.3, 0.4) is 0 Å². The minimum Gasteiger partial charge on any atom is -0.370 e. The predicted molar refractivity (Wildman–Crippen MR) is 76.5 cm³/mol. The van der Waals surface area contributed by atoms with E-state index < -0.39 is 0 Å². The predicted octanol–water partition coefficient (Wildman–Crippen LogP) is 3.43. The maximum absolute atomic E-state index is 4.49. The quantitative estimate of drug-likeness (QED) is 0.940. The maximum Gasteiger partial charge on any atom is 0.181 e. The average molecular weight is 307 g/mol. The van der Waals surface area contributed by atoms with Crippen molar-refractivity contribution in [1.82, 2.24) is 15.0 Å². The van der Waals surface area contributed by atoms with E-state index in [-0.39, 0.29) is 0 Å². The van der Waals surface area contributed by atoms with Crippen LogP contribution >= 0.6 is 15.9 Å². The fourth-order valence-electron chi connectivity index (χ4n) is 1.57. The van der Waals surface area contributed by atoms with Crippen molar-refractivity contribution in [2.45, 2.75) is 20.3 Å². The molecule has 0 amide bonds. The minimum atomic E-state index is 0.640. The molecule has 0 fully saturated rings. The molecule has 94 valence electrons. The van der Waals surface area contributed by atoms with Gasteiger partial charge in [0, 0.05) is 29.0 Å². The largest absolute Gasteiger partial charge is 0.370 e. The topological polar surface area (TPSA) is 50.7 Å². The SMILES string of the molecule is CCCNc1cc(C)nc(-c2ncccc2Br)n1. The van der Waals surface area contributed by atoms with E-state index in [1.165, 1.54) is 0 Å². The van der Waals surface area contributed by atoms with E-state index in [0.29, 0.717) is 5.82 Å². The Morgan fingerprint density at radius 1 is 1.33 bits per heavy atom. The number of aryl methyl sites for hydroxylation is 1. The molecule has 4 nitrogen and oxygen atoms in total. The van der Waals surface area contributed by atoms with Gasteiger partial charge in [0.25, 0.3) is 0 Å². The van der Waals surface area contributed by atoms with Crippen LogP contribution in [0.2, 0.25) is 0 Å². The van der Waals surface area contributed by atoms with Crippen LogP contribution in [0.25, 0.3) is 11.5 Å². The van der Waals surface area contributed by atoms with E-state index in [1.54, 1.807) is 6.20 Å². The number of hydrogen-bond acceptors (Lipinski definition) is 4.